The van der Waals surface area contributed by atoms with Crippen LogP contribution in [-0.2, 0) is 6.54 Å². The molecule has 0 saturated carbocycles. The van der Waals surface area contributed by atoms with Crippen molar-refractivity contribution in [2.24, 2.45) is 0 Å². The Bertz CT molecular complexity index is 331. The van der Waals surface area contributed by atoms with Crippen LogP contribution >= 0.6 is 0 Å². The maximum atomic E-state index is 5.67. The number of nitrogens with zero attached hydrogens (tertiary/aromatic N) is 1. The maximum Gasteiger partial charge on any atom is 0.119 e. The van der Waals surface area contributed by atoms with E-state index < -0.39 is 0 Å². The predicted octanol–water partition coefficient (Wildman–Crippen LogP) is 2.27. The Morgan fingerprint density at radius 3 is 2.56 bits per heavy atom. The number of piperazine rings is 1. The summed E-state index contributed by atoms with van der Waals surface area (Å²) in [5, 5.41) is 3.38. The first-order chi connectivity index (χ1) is 8.88. The van der Waals surface area contributed by atoms with E-state index in [1.807, 2.05) is 0 Å². The second-order valence-electron chi connectivity index (χ2n) is 4.87. The summed E-state index contributed by atoms with van der Waals surface area (Å²) in [5.74, 6) is 0.993. The molecule has 1 fully saturated rings. The Hall–Kier alpha value is -1.06. The Morgan fingerprint density at radius 1 is 1.17 bits per heavy atom. The molecule has 3 nitrogen and oxygen atoms in total. The standard InChI is InChI=1S/C15H24N2O/c1-2-3-12-18-15-6-4-14(5-7-15)13-17-10-8-16-9-11-17/h4-7,16H,2-3,8-13H2,1H3. The molecule has 3 heteroatoms. The van der Waals surface area contributed by atoms with E-state index in [0.717, 1.165) is 51.5 Å². The lowest BCUT2D eigenvalue weighted by Crippen LogP contribution is -2.42. The van der Waals surface area contributed by atoms with Gasteiger partial charge >= 0.3 is 0 Å². The SMILES string of the molecule is CCCCOc1ccc(CN2CCNCC2)cc1. The average Bonchev–Trinajstić information content (AvgIpc) is 2.42. The lowest BCUT2D eigenvalue weighted by Gasteiger charge is -2.27. The van der Waals surface area contributed by atoms with Gasteiger partial charge in [-0.1, -0.05) is 25.5 Å². The molecule has 0 spiro atoms. The lowest BCUT2D eigenvalue weighted by atomic mass is 10.2. The van der Waals surface area contributed by atoms with E-state index in [4.69, 9.17) is 4.74 Å². The summed E-state index contributed by atoms with van der Waals surface area (Å²) in [5.41, 5.74) is 1.37. The van der Waals surface area contributed by atoms with Gasteiger partial charge in [-0.3, -0.25) is 4.90 Å². The van der Waals surface area contributed by atoms with Gasteiger partial charge in [0.05, 0.1) is 6.61 Å². The Labute approximate surface area is 110 Å². The van der Waals surface area contributed by atoms with Crippen molar-refractivity contribution in [3.05, 3.63) is 29.8 Å². The number of unbranched alkanes of at least 4 members (excludes halogenated alkanes) is 1. The fraction of sp³-hybridized carbons (Fsp3) is 0.600. The first kappa shape index (κ1) is 13.4. The summed E-state index contributed by atoms with van der Waals surface area (Å²) in [7, 11) is 0. The zero-order valence-corrected chi connectivity index (χ0v) is 11.3. The van der Waals surface area contributed by atoms with Crippen LogP contribution in [0.25, 0.3) is 0 Å². The molecule has 0 unspecified atom stereocenters. The summed E-state index contributed by atoms with van der Waals surface area (Å²) in [6.07, 6.45) is 2.31. The van der Waals surface area contributed by atoms with Crippen LogP contribution in [0.5, 0.6) is 5.75 Å². The molecule has 18 heavy (non-hydrogen) atoms. The highest BCUT2D eigenvalue weighted by atomic mass is 16.5. The van der Waals surface area contributed by atoms with E-state index >= 15 is 0 Å². The fourth-order valence-corrected chi connectivity index (χ4v) is 2.15. The van der Waals surface area contributed by atoms with Gasteiger partial charge in [-0.2, -0.15) is 0 Å². The van der Waals surface area contributed by atoms with E-state index in [0.29, 0.717) is 0 Å². The van der Waals surface area contributed by atoms with Crippen molar-refractivity contribution in [2.75, 3.05) is 32.8 Å². The van der Waals surface area contributed by atoms with Gasteiger partial charge < -0.3 is 10.1 Å². The topological polar surface area (TPSA) is 24.5 Å². The smallest absolute Gasteiger partial charge is 0.119 e. The number of hydrogen-bond donors (Lipinski definition) is 1. The van der Waals surface area contributed by atoms with Gasteiger partial charge in [-0.25, -0.2) is 0 Å². The van der Waals surface area contributed by atoms with E-state index in [2.05, 4.69) is 41.4 Å². The molecule has 0 aromatic heterocycles. The molecule has 0 atom stereocenters. The monoisotopic (exact) mass is 248 g/mol. The van der Waals surface area contributed by atoms with Crippen molar-refractivity contribution in [3.8, 4) is 5.75 Å². The van der Waals surface area contributed by atoms with Crippen LogP contribution < -0.4 is 10.1 Å². The quantitative estimate of drug-likeness (QED) is 0.782. The van der Waals surface area contributed by atoms with Gasteiger partial charge in [-0.15, -0.1) is 0 Å². The van der Waals surface area contributed by atoms with Gasteiger partial charge in [0.2, 0.25) is 0 Å². The van der Waals surface area contributed by atoms with Gasteiger partial charge in [-0.05, 0) is 24.1 Å². The third-order valence-corrected chi connectivity index (χ3v) is 3.31. The van der Waals surface area contributed by atoms with E-state index in [9.17, 15) is 0 Å². The third kappa shape index (κ3) is 4.31. The molecule has 1 aromatic rings. The molecule has 0 aliphatic carbocycles. The molecule has 100 valence electrons. The minimum absolute atomic E-state index is 0.827. The third-order valence-electron chi connectivity index (χ3n) is 3.31. The Balaban J connectivity index is 1.79. The molecular weight excluding hydrogens is 224 g/mol. The summed E-state index contributed by atoms with van der Waals surface area (Å²) >= 11 is 0. The second-order valence-corrected chi connectivity index (χ2v) is 4.87. The van der Waals surface area contributed by atoms with E-state index in [1.165, 1.54) is 12.0 Å². The van der Waals surface area contributed by atoms with E-state index in [1.54, 1.807) is 0 Å². The summed E-state index contributed by atoms with van der Waals surface area (Å²) in [6, 6.07) is 8.55. The van der Waals surface area contributed by atoms with Crippen molar-refractivity contribution in [3.63, 3.8) is 0 Å². The zero-order chi connectivity index (χ0) is 12.6. The predicted molar refractivity (Wildman–Crippen MR) is 75.0 cm³/mol. The van der Waals surface area contributed by atoms with Crippen molar-refractivity contribution in [1.82, 2.24) is 10.2 Å². The first-order valence-corrected chi connectivity index (χ1v) is 7.03. The van der Waals surface area contributed by atoms with Crippen molar-refractivity contribution < 1.29 is 4.74 Å². The molecule has 0 amide bonds. The number of hydrogen-bond acceptors (Lipinski definition) is 3. The van der Waals surface area contributed by atoms with Gasteiger partial charge in [0.1, 0.15) is 5.75 Å². The number of nitrogens with one attached hydrogen (secondary N) is 1. The molecule has 1 saturated heterocycles. The molecular formula is C15H24N2O. The zero-order valence-electron chi connectivity index (χ0n) is 11.3. The van der Waals surface area contributed by atoms with Crippen LogP contribution in [0, 0.1) is 0 Å². The minimum atomic E-state index is 0.827. The summed E-state index contributed by atoms with van der Waals surface area (Å²) in [4.78, 5) is 2.49. The van der Waals surface area contributed by atoms with Gasteiger partial charge in [0, 0.05) is 32.7 Å². The summed E-state index contributed by atoms with van der Waals surface area (Å²) < 4.78 is 5.67. The van der Waals surface area contributed by atoms with Crippen LogP contribution in [-0.4, -0.2) is 37.7 Å². The molecule has 1 aliphatic heterocycles. The molecule has 1 heterocycles. The largest absolute Gasteiger partial charge is 0.494 e. The molecule has 2 rings (SSSR count). The van der Waals surface area contributed by atoms with Crippen LogP contribution in [0.15, 0.2) is 24.3 Å². The minimum Gasteiger partial charge on any atom is -0.494 e. The lowest BCUT2D eigenvalue weighted by molar-refractivity contribution is 0.233. The van der Waals surface area contributed by atoms with Crippen LogP contribution in [0.1, 0.15) is 25.3 Å². The molecule has 1 aromatic carbocycles. The summed E-state index contributed by atoms with van der Waals surface area (Å²) in [6.45, 7) is 8.57. The van der Waals surface area contributed by atoms with Crippen LogP contribution in [0.2, 0.25) is 0 Å². The average molecular weight is 248 g/mol. The Kier molecular flexibility index (Phi) is 5.49. The van der Waals surface area contributed by atoms with Crippen molar-refractivity contribution >= 4 is 0 Å². The Morgan fingerprint density at radius 2 is 1.89 bits per heavy atom. The number of ether oxygens (including phenoxy) is 1. The highest BCUT2D eigenvalue weighted by Crippen LogP contribution is 2.14. The van der Waals surface area contributed by atoms with Crippen molar-refractivity contribution in [2.45, 2.75) is 26.3 Å². The number of rotatable bonds is 6. The molecule has 1 N–H and O–H groups in total. The van der Waals surface area contributed by atoms with Gasteiger partial charge in [0.15, 0.2) is 0 Å². The second kappa shape index (κ2) is 7.39. The van der Waals surface area contributed by atoms with Gasteiger partial charge in [0.25, 0.3) is 0 Å². The first-order valence-electron chi connectivity index (χ1n) is 7.03. The highest BCUT2D eigenvalue weighted by Gasteiger charge is 2.09. The van der Waals surface area contributed by atoms with E-state index in [-0.39, 0.29) is 0 Å². The fourth-order valence-electron chi connectivity index (χ4n) is 2.15. The van der Waals surface area contributed by atoms with Crippen molar-refractivity contribution in [1.29, 1.82) is 0 Å². The van der Waals surface area contributed by atoms with Crippen LogP contribution in [0.3, 0.4) is 0 Å². The molecule has 0 radical (unpaired) electrons. The number of benzene rings is 1. The normalized spacial score (nSPS) is 16.7. The maximum absolute atomic E-state index is 5.67. The van der Waals surface area contributed by atoms with Crippen LogP contribution in [0.4, 0.5) is 0 Å². The molecule has 1 aliphatic rings. The molecule has 0 bridgehead atoms. The highest BCUT2D eigenvalue weighted by molar-refractivity contribution is 5.27.